The fraction of sp³-hybridized carbons (Fsp3) is 0.625. The van der Waals surface area contributed by atoms with Crippen LogP contribution in [-0.2, 0) is 0 Å². The van der Waals surface area contributed by atoms with E-state index in [9.17, 15) is 8.78 Å². The van der Waals surface area contributed by atoms with E-state index in [1.807, 2.05) is 6.07 Å². The van der Waals surface area contributed by atoms with Gasteiger partial charge >= 0.3 is 6.61 Å². The summed E-state index contributed by atoms with van der Waals surface area (Å²) in [5.41, 5.74) is 1.19. The lowest BCUT2D eigenvalue weighted by molar-refractivity contribution is -0.0511. The molecule has 3 nitrogen and oxygen atoms in total. The lowest BCUT2D eigenvalue weighted by Crippen LogP contribution is -2.29. The molecule has 2 rings (SSSR count). The maximum Gasteiger partial charge on any atom is 0.387 e. The van der Waals surface area contributed by atoms with E-state index in [-0.39, 0.29) is 5.75 Å². The van der Waals surface area contributed by atoms with Crippen LogP contribution in [0.25, 0.3) is 0 Å². The van der Waals surface area contributed by atoms with E-state index in [1.165, 1.54) is 20.0 Å². The van der Waals surface area contributed by atoms with Gasteiger partial charge in [0.25, 0.3) is 0 Å². The van der Waals surface area contributed by atoms with Gasteiger partial charge in [-0.25, -0.2) is 0 Å². The molecule has 0 heterocycles. The molecule has 21 heavy (non-hydrogen) atoms. The van der Waals surface area contributed by atoms with E-state index in [1.54, 1.807) is 12.1 Å². The van der Waals surface area contributed by atoms with Crippen LogP contribution in [0.2, 0.25) is 0 Å². The van der Waals surface area contributed by atoms with Crippen molar-refractivity contribution in [2.24, 2.45) is 5.41 Å². The average Bonchev–Trinajstić information content (AvgIpc) is 2.41. The molecule has 1 aromatic carbocycles. The number of nitrogens with one attached hydrogen (secondary N) is 1. The van der Waals surface area contributed by atoms with Crippen molar-refractivity contribution < 1.29 is 18.3 Å². The highest BCUT2D eigenvalue weighted by molar-refractivity contribution is 5.55. The van der Waals surface area contributed by atoms with Crippen molar-refractivity contribution in [2.45, 2.75) is 52.2 Å². The average molecular weight is 299 g/mol. The zero-order valence-corrected chi connectivity index (χ0v) is 12.8. The largest absolute Gasteiger partial charge is 0.493 e. The Morgan fingerprint density at radius 1 is 1.19 bits per heavy atom. The fourth-order valence-electron chi connectivity index (χ4n) is 2.73. The molecule has 1 aliphatic carbocycles. The van der Waals surface area contributed by atoms with Crippen LogP contribution < -0.4 is 14.8 Å². The first-order chi connectivity index (χ1) is 9.89. The third kappa shape index (κ3) is 4.48. The Morgan fingerprint density at radius 3 is 2.43 bits per heavy atom. The van der Waals surface area contributed by atoms with Crippen molar-refractivity contribution in [1.29, 1.82) is 0 Å². The minimum absolute atomic E-state index is 0.0636. The standard InChI is InChI=1S/C16H23F2NO2/c1-16(2)8-6-11(7-9-16)19-12-4-5-13(20-3)14(10-12)21-15(17)18/h4-5,10-11,15,19H,6-9H2,1-3H3. The lowest BCUT2D eigenvalue weighted by atomic mass is 9.75. The maximum atomic E-state index is 12.4. The van der Waals surface area contributed by atoms with Crippen LogP contribution in [0, 0.1) is 5.41 Å². The number of ether oxygens (including phenoxy) is 2. The van der Waals surface area contributed by atoms with Gasteiger partial charge in [0, 0.05) is 17.8 Å². The molecule has 0 bridgehead atoms. The van der Waals surface area contributed by atoms with E-state index in [0.29, 0.717) is 17.2 Å². The molecule has 1 aromatic rings. The van der Waals surface area contributed by atoms with E-state index in [0.717, 1.165) is 18.5 Å². The minimum Gasteiger partial charge on any atom is -0.493 e. The Hall–Kier alpha value is -1.52. The first-order valence-corrected chi connectivity index (χ1v) is 7.29. The second-order valence-corrected chi connectivity index (χ2v) is 6.33. The van der Waals surface area contributed by atoms with Gasteiger partial charge in [-0.3, -0.25) is 0 Å². The highest BCUT2D eigenvalue weighted by atomic mass is 19.3. The molecule has 0 radical (unpaired) electrons. The summed E-state index contributed by atoms with van der Waals surface area (Å²) in [6.07, 6.45) is 4.51. The van der Waals surface area contributed by atoms with Crippen molar-refractivity contribution in [1.82, 2.24) is 0 Å². The van der Waals surface area contributed by atoms with E-state index in [4.69, 9.17) is 4.74 Å². The van der Waals surface area contributed by atoms with Crippen LogP contribution in [0.3, 0.4) is 0 Å². The molecule has 1 saturated carbocycles. The molecule has 1 N–H and O–H groups in total. The van der Waals surface area contributed by atoms with Crippen LogP contribution >= 0.6 is 0 Å². The number of anilines is 1. The second kappa shape index (κ2) is 6.50. The minimum atomic E-state index is -2.86. The fourth-order valence-corrected chi connectivity index (χ4v) is 2.73. The van der Waals surface area contributed by atoms with Gasteiger partial charge in [-0.2, -0.15) is 8.78 Å². The number of benzene rings is 1. The normalized spacial score (nSPS) is 18.6. The van der Waals surface area contributed by atoms with Gasteiger partial charge < -0.3 is 14.8 Å². The van der Waals surface area contributed by atoms with Crippen molar-refractivity contribution in [2.75, 3.05) is 12.4 Å². The third-order valence-corrected chi connectivity index (χ3v) is 4.09. The Balaban J connectivity index is 2.03. The molecular formula is C16H23F2NO2. The van der Waals surface area contributed by atoms with Crippen LogP contribution in [0.4, 0.5) is 14.5 Å². The molecular weight excluding hydrogens is 276 g/mol. The zero-order chi connectivity index (χ0) is 15.5. The molecule has 5 heteroatoms. The first-order valence-electron chi connectivity index (χ1n) is 7.29. The van der Waals surface area contributed by atoms with Crippen molar-refractivity contribution in [3.8, 4) is 11.5 Å². The molecule has 0 aromatic heterocycles. The summed E-state index contributed by atoms with van der Waals surface area (Å²) < 4.78 is 34.4. The number of rotatable bonds is 5. The summed E-state index contributed by atoms with van der Waals surface area (Å²) >= 11 is 0. The van der Waals surface area contributed by atoms with Crippen molar-refractivity contribution >= 4 is 5.69 Å². The number of halogens is 2. The second-order valence-electron chi connectivity index (χ2n) is 6.33. The number of methoxy groups -OCH3 is 1. The SMILES string of the molecule is COc1ccc(NC2CCC(C)(C)CC2)cc1OC(F)F. The topological polar surface area (TPSA) is 30.5 Å². The van der Waals surface area contributed by atoms with E-state index in [2.05, 4.69) is 23.9 Å². The summed E-state index contributed by atoms with van der Waals surface area (Å²) in [4.78, 5) is 0. The molecule has 1 aliphatic rings. The molecule has 1 fully saturated rings. The molecule has 0 saturated heterocycles. The zero-order valence-electron chi connectivity index (χ0n) is 12.8. The predicted molar refractivity (Wildman–Crippen MR) is 79.3 cm³/mol. The van der Waals surface area contributed by atoms with Crippen molar-refractivity contribution in [3.05, 3.63) is 18.2 Å². The van der Waals surface area contributed by atoms with Gasteiger partial charge in [-0.1, -0.05) is 13.8 Å². The quantitative estimate of drug-likeness (QED) is 0.856. The highest BCUT2D eigenvalue weighted by Gasteiger charge is 2.26. The van der Waals surface area contributed by atoms with Gasteiger partial charge in [0.1, 0.15) is 0 Å². The smallest absolute Gasteiger partial charge is 0.387 e. The number of hydrogen-bond donors (Lipinski definition) is 1. The van der Waals surface area contributed by atoms with Gasteiger partial charge in [0.15, 0.2) is 11.5 Å². The molecule has 0 aliphatic heterocycles. The summed E-state index contributed by atoms with van der Waals surface area (Å²) in [5.74, 6) is 0.374. The summed E-state index contributed by atoms with van der Waals surface area (Å²) in [6, 6.07) is 5.43. The Labute approximate surface area is 124 Å². The van der Waals surface area contributed by atoms with Crippen LogP contribution in [0.1, 0.15) is 39.5 Å². The molecule has 0 amide bonds. The highest BCUT2D eigenvalue weighted by Crippen LogP contribution is 2.37. The van der Waals surface area contributed by atoms with Gasteiger partial charge in [-0.05, 0) is 43.2 Å². The van der Waals surface area contributed by atoms with Gasteiger partial charge in [0.05, 0.1) is 7.11 Å². The Bertz CT molecular complexity index is 467. The van der Waals surface area contributed by atoms with E-state index >= 15 is 0 Å². The molecule has 0 atom stereocenters. The summed E-state index contributed by atoms with van der Waals surface area (Å²) in [6.45, 7) is 1.71. The maximum absolute atomic E-state index is 12.4. The summed E-state index contributed by atoms with van der Waals surface area (Å²) in [5, 5.41) is 3.40. The van der Waals surface area contributed by atoms with Crippen molar-refractivity contribution in [3.63, 3.8) is 0 Å². The predicted octanol–water partition coefficient (Wildman–Crippen LogP) is 4.68. The summed E-state index contributed by atoms with van der Waals surface area (Å²) in [7, 11) is 1.43. The van der Waals surface area contributed by atoms with E-state index < -0.39 is 6.61 Å². The van der Waals surface area contributed by atoms with Crippen LogP contribution in [0.5, 0.6) is 11.5 Å². The Morgan fingerprint density at radius 2 is 1.86 bits per heavy atom. The van der Waals surface area contributed by atoms with Crippen LogP contribution in [0.15, 0.2) is 18.2 Å². The third-order valence-electron chi connectivity index (χ3n) is 4.09. The molecule has 0 spiro atoms. The molecule has 0 unspecified atom stereocenters. The monoisotopic (exact) mass is 299 g/mol. The van der Waals surface area contributed by atoms with Gasteiger partial charge in [-0.15, -0.1) is 0 Å². The van der Waals surface area contributed by atoms with Crippen LogP contribution in [-0.4, -0.2) is 19.8 Å². The lowest BCUT2D eigenvalue weighted by Gasteiger charge is -2.35. The number of alkyl halides is 2. The Kier molecular flexibility index (Phi) is 4.91. The first kappa shape index (κ1) is 15.9. The number of hydrogen-bond acceptors (Lipinski definition) is 3. The van der Waals surface area contributed by atoms with Gasteiger partial charge in [0.2, 0.25) is 0 Å². The molecule has 118 valence electrons.